The van der Waals surface area contributed by atoms with Gasteiger partial charge in [0, 0.05) is 86.9 Å². The molecule has 0 aliphatic heterocycles. The third-order valence-corrected chi connectivity index (χ3v) is 0. The first-order valence-corrected chi connectivity index (χ1v) is 0. The fourth-order valence-corrected chi connectivity index (χ4v) is 0. The minimum absolute atomic E-state index is 0. The van der Waals surface area contributed by atoms with Crippen LogP contribution in [0.4, 0.5) is 0 Å². The molecule has 30 valence electrons. The summed E-state index contributed by atoms with van der Waals surface area (Å²) in [5.74, 6) is 0. The molecule has 3 N–H and O–H groups in total. The molecule has 2 radical (unpaired) electrons. The van der Waals surface area contributed by atoms with E-state index in [1.54, 1.807) is 0 Å². The van der Waals surface area contributed by atoms with Gasteiger partial charge in [0.25, 0.3) is 0 Å². The van der Waals surface area contributed by atoms with Gasteiger partial charge in [0.15, 0.2) is 0 Å². The maximum absolute atomic E-state index is 0. The predicted molar refractivity (Wildman–Crippen MR) is 5.02 cm³/mol. The van der Waals surface area contributed by atoms with Crippen LogP contribution in [0.15, 0.2) is 0 Å². The Bertz CT molecular complexity index is 11.6. The Morgan fingerprint density at radius 3 is 1.00 bits per heavy atom. The van der Waals surface area contributed by atoms with Crippen LogP contribution in [-0.2, 0) is 86.9 Å². The second-order valence-electron chi connectivity index (χ2n) is 0. The number of hydrogen-bond donors (Lipinski definition) is 1. The average Bonchev–Trinajstić information content (AvgIpc) is 0. The topological polar surface area (TPSA) is 35.0 Å². The molecule has 0 aliphatic rings. The van der Waals surface area contributed by atoms with Gasteiger partial charge >= 0.3 is 0 Å². The van der Waals surface area contributed by atoms with Gasteiger partial charge in [-0.05, 0) is 0 Å². The Kier molecular flexibility index (Phi) is 266. The van der Waals surface area contributed by atoms with Gasteiger partial charge in [-0.2, -0.15) is 0 Å². The smallest absolute Gasteiger partial charge is 0 e. The quantitative estimate of drug-likeness (QED) is 0.414. The fraction of sp³-hybridized carbons (Fsp3) is 0. The van der Waals surface area contributed by atoms with Gasteiger partial charge in [0.05, 0.1) is 0 Å². The van der Waals surface area contributed by atoms with Crippen molar-refractivity contribution in [3.05, 3.63) is 0 Å². The fourth-order valence-electron chi connectivity index (χ4n) is 0. The van der Waals surface area contributed by atoms with Gasteiger partial charge in [-0.1, -0.05) is 0 Å². The Labute approximate surface area is 91.5 Å². The summed E-state index contributed by atoms with van der Waals surface area (Å²) in [6.45, 7) is 0. The van der Waals surface area contributed by atoms with Gasteiger partial charge in [0.1, 0.15) is 0 Å². The van der Waals surface area contributed by atoms with Gasteiger partial charge in [0.2, 0.25) is 0 Å². The summed E-state index contributed by atoms with van der Waals surface area (Å²) in [4.78, 5) is 0. The molecular weight excluding hydrogens is 568 g/mol. The molecule has 0 aromatic rings. The Balaban J connectivity index is 0. The third kappa shape index (κ3) is 19.9. The van der Waals surface area contributed by atoms with Crippen molar-refractivity contribution < 1.29 is 86.9 Å². The molecule has 0 aromatic heterocycles. The Morgan fingerprint density at radius 2 is 1.00 bits per heavy atom. The minimum atomic E-state index is 0. The van der Waals surface area contributed by atoms with Crippen molar-refractivity contribution in [2.75, 3.05) is 0 Å². The summed E-state index contributed by atoms with van der Waals surface area (Å²) < 4.78 is 0. The molecule has 0 rings (SSSR count). The van der Waals surface area contributed by atoms with Crippen LogP contribution in [0.1, 0.15) is 0 Å². The summed E-state index contributed by atoms with van der Waals surface area (Å²) in [5.41, 5.74) is 0. The normalized spacial score (nSPS) is 0. The number of hydrogen-bond acceptors (Lipinski definition) is 1. The molecule has 5 heavy (non-hydrogen) atoms. The largest absolute Gasteiger partial charge is 0.344 e. The molecule has 0 saturated heterocycles. The van der Waals surface area contributed by atoms with E-state index >= 15 is 0 Å². The van der Waals surface area contributed by atoms with Crippen LogP contribution in [0.5, 0.6) is 0 Å². The molecule has 0 atom stereocenters. The van der Waals surface area contributed by atoms with Gasteiger partial charge < -0.3 is 6.15 Å². The first-order valence-electron chi connectivity index (χ1n) is 0. The summed E-state index contributed by atoms with van der Waals surface area (Å²) in [7, 11) is 0. The van der Waals surface area contributed by atoms with Gasteiger partial charge in [-0.3, -0.25) is 0 Å². The molecule has 0 saturated carbocycles. The van der Waals surface area contributed by atoms with E-state index in [9.17, 15) is 0 Å². The molecular formula is H3MoNNbTaW. The molecule has 0 unspecified atom stereocenters. The molecule has 1 nitrogen and oxygen atoms in total. The average molecular weight is 571 g/mol. The van der Waals surface area contributed by atoms with Crippen LogP contribution in [0.2, 0.25) is 0 Å². The standard InChI is InChI=1S/Mo.H3N.Nb.Ta.W/h;1H3;;;. The summed E-state index contributed by atoms with van der Waals surface area (Å²) in [6.07, 6.45) is 0. The van der Waals surface area contributed by atoms with E-state index in [2.05, 4.69) is 0 Å². The van der Waals surface area contributed by atoms with E-state index in [-0.39, 0.29) is 93.0 Å². The summed E-state index contributed by atoms with van der Waals surface area (Å²) in [5, 5.41) is 0. The molecule has 0 fully saturated rings. The number of rotatable bonds is 0. The van der Waals surface area contributed by atoms with Crippen molar-refractivity contribution in [3.63, 3.8) is 0 Å². The maximum atomic E-state index is 0. The zero-order valence-electron chi connectivity index (χ0n) is 2.42. The molecule has 0 aromatic carbocycles. The van der Waals surface area contributed by atoms with Crippen LogP contribution < -0.4 is 6.15 Å². The van der Waals surface area contributed by atoms with Crippen molar-refractivity contribution in [2.45, 2.75) is 0 Å². The van der Waals surface area contributed by atoms with Crippen molar-refractivity contribution in [1.82, 2.24) is 6.15 Å². The van der Waals surface area contributed by atoms with Crippen molar-refractivity contribution >= 4 is 0 Å². The van der Waals surface area contributed by atoms with Crippen LogP contribution >= 0.6 is 0 Å². The van der Waals surface area contributed by atoms with Gasteiger partial charge in [-0.25, -0.2) is 0 Å². The van der Waals surface area contributed by atoms with E-state index in [0.29, 0.717) is 0 Å². The third-order valence-electron chi connectivity index (χ3n) is 0. The summed E-state index contributed by atoms with van der Waals surface area (Å²) >= 11 is 0. The van der Waals surface area contributed by atoms with Crippen molar-refractivity contribution in [1.29, 1.82) is 0 Å². The Morgan fingerprint density at radius 1 is 1.00 bits per heavy atom. The van der Waals surface area contributed by atoms with E-state index in [1.807, 2.05) is 0 Å². The Hall–Kier alpha value is 2.82. The molecule has 0 heterocycles. The minimum Gasteiger partial charge on any atom is -0.344 e. The summed E-state index contributed by atoms with van der Waals surface area (Å²) in [6, 6.07) is 0. The van der Waals surface area contributed by atoms with E-state index in [0.717, 1.165) is 0 Å². The van der Waals surface area contributed by atoms with Crippen LogP contribution in [0.3, 0.4) is 0 Å². The van der Waals surface area contributed by atoms with Gasteiger partial charge in [-0.15, -0.1) is 0 Å². The first-order chi connectivity index (χ1) is 0. The van der Waals surface area contributed by atoms with Crippen LogP contribution in [-0.4, -0.2) is 0 Å². The molecule has 0 spiro atoms. The zero-order valence-corrected chi connectivity index (χ0v) is 12.8. The second kappa shape index (κ2) is 29.1. The SMILES string of the molecule is N.[Mo].[Nb].[Ta].[W]. The van der Waals surface area contributed by atoms with E-state index in [1.165, 1.54) is 0 Å². The first kappa shape index (κ1) is 45.8. The maximum Gasteiger partial charge on any atom is 0 e. The molecule has 0 aliphatic carbocycles. The van der Waals surface area contributed by atoms with Crippen LogP contribution in [0, 0.1) is 0 Å². The van der Waals surface area contributed by atoms with Crippen molar-refractivity contribution in [2.24, 2.45) is 0 Å². The molecule has 0 bridgehead atoms. The second-order valence-corrected chi connectivity index (χ2v) is 0. The monoisotopic (exact) mass is 573 g/mol. The van der Waals surface area contributed by atoms with E-state index in [4.69, 9.17) is 0 Å². The molecule has 0 amide bonds. The zero-order chi connectivity index (χ0) is 0. The van der Waals surface area contributed by atoms with Crippen LogP contribution in [0.25, 0.3) is 0 Å². The van der Waals surface area contributed by atoms with E-state index < -0.39 is 0 Å². The predicted octanol–water partition coefficient (Wildman–Crippen LogP) is 0.152. The van der Waals surface area contributed by atoms with Crippen molar-refractivity contribution in [3.8, 4) is 0 Å². The molecule has 5 heteroatoms.